The summed E-state index contributed by atoms with van der Waals surface area (Å²) in [5.74, 6) is 0.749. The number of benzene rings is 1. The maximum atomic E-state index is 12.0. The first-order chi connectivity index (χ1) is 11.8. The molecule has 0 aliphatic heterocycles. The van der Waals surface area contributed by atoms with Gasteiger partial charge in [-0.1, -0.05) is 19.4 Å². The lowest BCUT2D eigenvalue weighted by Crippen LogP contribution is -2.09. The van der Waals surface area contributed by atoms with Crippen molar-refractivity contribution in [3.63, 3.8) is 0 Å². The van der Waals surface area contributed by atoms with Crippen LogP contribution in [0.5, 0.6) is 5.75 Å². The Bertz CT molecular complexity index is 780. The van der Waals surface area contributed by atoms with E-state index in [2.05, 4.69) is 17.2 Å². The van der Waals surface area contributed by atoms with Gasteiger partial charge in [0.05, 0.1) is 17.2 Å². The second-order valence-electron chi connectivity index (χ2n) is 5.20. The van der Waals surface area contributed by atoms with Gasteiger partial charge < -0.3 is 4.74 Å². The maximum absolute atomic E-state index is 12.0. The van der Waals surface area contributed by atoms with E-state index in [1.807, 2.05) is 41.1 Å². The monoisotopic (exact) mass is 358 g/mol. The molecule has 0 bridgehead atoms. The maximum Gasteiger partial charge on any atom is 0.267 e. The summed E-state index contributed by atoms with van der Waals surface area (Å²) in [5, 5.41) is 7.26. The Labute approximate surface area is 149 Å². The second-order valence-corrected chi connectivity index (χ2v) is 7.00. The molecule has 0 aliphatic rings. The highest BCUT2D eigenvalue weighted by Crippen LogP contribution is 2.27. The van der Waals surface area contributed by atoms with E-state index in [0.717, 1.165) is 36.5 Å². The van der Waals surface area contributed by atoms with Crippen molar-refractivity contribution >= 4 is 33.7 Å². The lowest BCUT2D eigenvalue weighted by atomic mass is 10.2. The number of amides is 1. The highest BCUT2D eigenvalue weighted by atomic mass is 32.1. The Kier molecular flexibility index (Phi) is 5.61. The van der Waals surface area contributed by atoms with Crippen molar-refractivity contribution in [3.05, 3.63) is 52.0 Å². The average molecular weight is 358 g/mol. The number of aromatic nitrogens is 1. The van der Waals surface area contributed by atoms with Gasteiger partial charge >= 0.3 is 0 Å². The van der Waals surface area contributed by atoms with E-state index in [4.69, 9.17) is 4.74 Å². The molecule has 3 aromatic rings. The minimum atomic E-state index is -0.120. The molecule has 0 saturated carbocycles. The van der Waals surface area contributed by atoms with Crippen LogP contribution in [0.4, 0.5) is 5.13 Å². The van der Waals surface area contributed by atoms with Gasteiger partial charge in [-0.15, -0.1) is 22.7 Å². The van der Waals surface area contributed by atoms with Gasteiger partial charge in [0.25, 0.3) is 5.91 Å². The molecule has 2 aromatic heterocycles. The van der Waals surface area contributed by atoms with Crippen LogP contribution >= 0.6 is 22.7 Å². The molecule has 4 nitrogen and oxygen atoms in total. The normalized spacial score (nSPS) is 10.5. The summed E-state index contributed by atoms with van der Waals surface area (Å²) >= 11 is 2.84. The number of thiophene rings is 1. The first kappa shape index (κ1) is 16.7. The van der Waals surface area contributed by atoms with Gasteiger partial charge in [-0.05, 0) is 42.1 Å². The lowest BCUT2D eigenvalue weighted by molar-refractivity contribution is 0.103. The minimum absolute atomic E-state index is 0.120. The van der Waals surface area contributed by atoms with E-state index in [0.29, 0.717) is 10.0 Å². The third-order valence-electron chi connectivity index (χ3n) is 3.39. The van der Waals surface area contributed by atoms with Crippen molar-refractivity contribution in [1.29, 1.82) is 0 Å². The molecular weight excluding hydrogens is 340 g/mol. The minimum Gasteiger partial charge on any atom is -0.494 e. The molecule has 0 atom stereocenters. The second kappa shape index (κ2) is 8.08. The van der Waals surface area contributed by atoms with Crippen LogP contribution in [-0.2, 0) is 0 Å². The van der Waals surface area contributed by atoms with Crippen LogP contribution < -0.4 is 10.1 Å². The molecule has 6 heteroatoms. The van der Waals surface area contributed by atoms with Crippen molar-refractivity contribution in [2.75, 3.05) is 11.9 Å². The van der Waals surface area contributed by atoms with Crippen LogP contribution in [0.3, 0.4) is 0 Å². The zero-order chi connectivity index (χ0) is 16.8. The molecule has 0 spiro atoms. The van der Waals surface area contributed by atoms with Gasteiger partial charge in [-0.25, -0.2) is 4.98 Å². The molecule has 0 unspecified atom stereocenters. The summed E-state index contributed by atoms with van der Waals surface area (Å²) in [6.45, 7) is 2.88. The zero-order valence-electron chi connectivity index (χ0n) is 13.3. The van der Waals surface area contributed by atoms with Gasteiger partial charge in [0.1, 0.15) is 5.75 Å². The molecule has 1 N–H and O–H groups in total. The van der Waals surface area contributed by atoms with Crippen LogP contribution in [-0.4, -0.2) is 17.5 Å². The van der Waals surface area contributed by atoms with Crippen LogP contribution in [0, 0.1) is 0 Å². The van der Waals surface area contributed by atoms with Gasteiger partial charge in [0.2, 0.25) is 0 Å². The largest absolute Gasteiger partial charge is 0.494 e. The summed E-state index contributed by atoms with van der Waals surface area (Å²) in [5.41, 5.74) is 1.85. The highest BCUT2D eigenvalue weighted by molar-refractivity contribution is 7.14. The average Bonchev–Trinajstić information content (AvgIpc) is 3.27. The zero-order valence-corrected chi connectivity index (χ0v) is 15.0. The number of anilines is 1. The molecule has 24 heavy (non-hydrogen) atoms. The predicted octanol–water partition coefficient (Wildman–Crippen LogP) is 5.30. The van der Waals surface area contributed by atoms with Crippen molar-refractivity contribution in [1.82, 2.24) is 4.98 Å². The van der Waals surface area contributed by atoms with Crippen molar-refractivity contribution in [2.45, 2.75) is 19.8 Å². The Morgan fingerprint density at radius 2 is 2.04 bits per heavy atom. The van der Waals surface area contributed by atoms with Crippen LogP contribution in [0.1, 0.15) is 29.4 Å². The van der Waals surface area contributed by atoms with Crippen LogP contribution in [0.25, 0.3) is 11.3 Å². The van der Waals surface area contributed by atoms with E-state index in [1.54, 1.807) is 6.07 Å². The molecule has 0 fully saturated rings. The molecule has 1 aromatic carbocycles. The Morgan fingerprint density at radius 3 is 2.75 bits per heavy atom. The highest BCUT2D eigenvalue weighted by Gasteiger charge is 2.10. The molecule has 124 valence electrons. The smallest absolute Gasteiger partial charge is 0.267 e. The fraction of sp³-hybridized carbons (Fsp3) is 0.222. The predicted molar refractivity (Wildman–Crippen MR) is 100 cm³/mol. The number of nitrogens with one attached hydrogen (secondary N) is 1. The molecule has 2 heterocycles. The summed E-state index contributed by atoms with van der Waals surface area (Å²) < 4.78 is 5.66. The molecule has 0 radical (unpaired) electrons. The number of thiazole rings is 1. The number of hydrogen-bond donors (Lipinski definition) is 1. The Balaban J connectivity index is 1.63. The molecule has 0 saturated heterocycles. The van der Waals surface area contributed by atoms with Gasteiger partial charge in [-0.2, -0.15) is 0 Å². The van der Waals surface area contributed by atoms with E-state index < -0.39 is 0 Å². The summed E-state index contributed by atoms with van der Waals surface area (Å²) in [6.07, 6.45) is 2.18. The summed E-state index contributed by atoms with van der Waals surface area (Å²) in [4.78, 5) is 17.2. The Morgan fingerprint density at radius 1 is 1.21 bits per heavy atom. The molecule has 0 aliphatic carbocycles. The van der Waals surface area contributed by atoms with Crippen LogP contribution in [0.15, 0.2) is 47.2 Å². The van der Waals surface area contributed by atoms with Crippen molar-refractivity contribution < 1.29 is 9.53 Å². The van der Waals surface area contributed by atoms with Gasteiger partial charge in [0, 0.05) is 10.9 Å². The number of carbonyl (C=O) groups is 1. The van der Waals surface area contributed by atoms with E-state index >= 15 is 0 Å². The first-order valence-corrected chi connectivity index (χ1v) is 9.56. The summed E-state index contributed by atoms with van der Waals surface area (Å²) in [6, 6.07) is 11.5. The summed E-state index contributed by atoms with van der Waals surface area (Å²) in [7, 11) is 0. The first-order valence-electron chi connectivity index (χ1n) is 7.80. The molecule has 1 amide bonds. The molecular formula is C18H18N2O2S2. The topological polar surface area (TPSA) is 51.2 Å². The molecule has 3 rings (SSSR count). The fourth-order valence-electron chi connectivity index (χ4n) is 2.09. The third-order valence-corrected chi connectivity index (χ3v) is 5.01. The standard InChI is InChI=1S/C18H18N2O2S2/c1-2-3-10-22-14-8-6-13(7-9-14)15-12-24-18(19-15)20-17(21)16-5-4-11-23-16/h4-9,11-12H,2-3,10H2,1H3,(H,19,20,21). The van der Waals surface area contributed by atoms with E-state index in [-0.39, 0.29) is 5.91 Å². The van der Waals surface area contributed by atoms with E-state index in [1.165, 1.54) is 22.7 Å². The number of hydrogen-bond acceptors (Lipinski definition) is 5. The van der Waals surface area contributed by atoms with Gasteiger partial charge in [0.15, 0.2) is 5.13 Å². The number of unbranched alkanes of at least 4 members (excludes halogenated alkanes) is 1. The number of carbonyl (C=O) groups excluding carboxylic acids is 1. The van der Waals surface area contributed by atoms with E-state index in [9.17, 15) is 4.79 Å². The van der Waals surface area contributed by atoms with Crippen molar-refractivity contribution in [2.24, 2.45) is 0 Å². The SMILES string of the molecule is CCCCOc1ccc(-c2csc(NC(=O)c3cccs3)n2)cc1. The van der Waals surface area contributed by atoms with Gasteiger partial charge in [-0.3, -0.25) is 10.1 Å². The van der Waals surface area contributed by atoms with Crippen LogP contribution in [0.2, 0.25) is 0 Å². The number of nitrogens with zero attached hydrogens (tertiary/aromatic N) is 1. The quantitative estimate of drug-likeness (QED) is 0.583. The number of ether oxygens (including phenoxy) is 1. The number of rotatable bonds is 7. The lowest BCUT2D eigenvalue weighted by Gasteiger charge is -2.05. The third kappa shape index (κ3) is 4.21. The Hall–Kier alpha value is -2.18. The fourth-order valence-corrected chi connectivity index (χ4v) is 3.42. The van der Waals surface area contributed by atoms with Crippen molar-refractivity contribution in [3.8, 4) is 17.0 Å².